The Morgan fingerprint density at radius 3 is 2.65 bits per heavy atom. The number of fused-ring (bicyclic) bond motifs is 1. The van der Waals surface area contributed by atoms with Crippen LogP contribution in [0.4, 0.5) is 0 Å². The maximum atomic E-state index is 12.5. The number of hydrogen-bond acceptors (Lipinski definition) is 6. The molecule has 6 nitrogen and oxygen atoms in total. The third kappa shape index (κ3) is 3.54. The van der Waals surface area contributed by atoms with E-state index in [9.17, 15) is 4.79 Å². The van der Waals surface area contributed by atoms with Gasteiger partial charge in [-0.25, -0.2) is 9.78 Å². The molecule has 0 fully saturated rings. The molecule has 0 aliphatic heterocycles. The van der Waals surface area contributed by atoms with E-state index < -0.39 is 5.97 Å². The van der Waals surface area contributed by atoms with Gasteiger partial charge in [-0.1, -0.05) is 12.1 Å². The quantitative estimate of drug-likeness (QED) is 0.494. The first-order valence-corrected chi connectivity index (χ1v) is 8.13. The van der Waals surface area contributed by atoms with E-state index in [-0.39, 0.29) is 18.1 Å². The van der Waals surface area contributed by atoms with Crippen LogP contribution in [0.2, 0.25) is 0 Å². The Morgan fingerprint density at radius 2 is 1.96 bits per heavy atom. The molecule has 26 heavy (non-hydrogen) atoms. The van der Waals surface area contributed by atoms with Gasteiger partial charge in [0.2, 0.25) is 5.89 Å². The summed E-state index contributed by atoms with van der Waals surface area (Å²) in [7, 11) is 3.13. The number of carbonyl (C=O) groups excluding carboxylic acids is 1. The maximum absolute atomic E-state index is 12.5. The number of esters is 1. The molecule has 0 atom stereocenters. The van der Waals surface area contributed by atoms with Crippen LogP contribution in [0.15, 0.2) is 46.9 Å². The number of rotatable bonds is 6. The van der Waals surface area contributed by atoms with Gasteiger partial charge in [0.15, 0.2) is 5.58 Å². The molecule has 6 heteroatoms. The van der Waals surface area contributed by atoms with E-state index in [4.69, 9.17) is 18.6 Å². The van der Waals surface area contributed by atoms with Gasteiger partial charge in [0.05, 0.1) is 20.8 Å². The summed E-state index contributed by atoms with van der Waals surface area (Å²) in [6, 6.07) is 12.6. The minimum atomic E-state index is -0.517. The molecular weight excluding hydrogens is 334 g/mol. The Balaban J connectivity index is 2.12. The first-order chi connectivity index (χ1) is 12.7. The van der Waals surface area contributed by atoms with Crippen molar-refractivity contribution in [2.45, 2.75) is 6.92 Å². The fourth-order valence-corrected chi connectivity index (χ4v) is 2.50. The minimum absolute atomic E-state index is 0.197. The van der Waals surface area contributed by atoms with Crippen LogP contribution < -0.4 is 9.47 Å². The summed E-state index contributed by atoms with van der Waals surface area (Å²) in [5.74, 6) is 0.889. The van der Waals surface area contributed by atoms with Crippen molar-refractivity contribution in [3.63, 3.8) is 0 Å². The first kappa shape index (κ1) is 17.5. The number of para-hydroxylation sites is 2. The Morgan fingerprint density at radius 1 is 1.15 bits per heavy atom. The maximum Gasteiger partial charge on any atom is 0.343 e. The molecule has 2 aromatic carbocycles. The Bertz CT molecular complexity index is 925. The monoisotopic (exact) mass is 353 g/mol. The number of oxazole rings is 1. The van der Waals surface area contributed by atoms with Gasteiger partial charge >= 0.3 is 5.97 Å². The molecule has 0 N–H and O–H groups in total. The number of aromatic nitrogens is 1. The lowest BCUT2D eigenvalue weighted by atomic mass is 10.1. The second-order valence-corrected chi connectivity index (χ2v) is 5.37. The Hall–Kier alpha value is -3.28. The lowest BCUT2D eigenvalue weighted by Crippen LogP contribution is -2.07. The van der Waals surface area contributed by atoms with Gasteiger partial charge in [-0.2, -0.15) is 0 Å². The van der Waals surface area contributed by atoms with Crippen molar-refractivity contribution in [1.29, 1.82) is 0 Å². The average Bonchev–Trinajstić information content (AvgIpc) is 3.09. The smallest absolute Gasteiger partial charge is 0.343 e. The van der Waals surface area contributed by atoms with Gasteiger partial charge in [0, 0.05) is 11.6 Å². The first-order valence-electron chi connectivity index (χ1n) is 8.13. The number of ether oxygens (including phenoxy) is 3. The number of benzene rings is 2. The molecule has 0 saturated carbocycles. The molecule has 3 aromatic rings. The van der Waals surface area contributed by atoms with Crippen molar-refractivity contribution in [2.75, 3.05) is 20.8 Å². The summed E-state index contributed by atoms with van der Waals surface area (Å²) in [5.41, 5.74) is 2.16. The van der Waals surface area contributed by atoms with Crippen LogP contribution in [0.3, 0.4) is 0 Å². The zero-order valence-electron chi connectivity index (χ0n) is 14.8. The van der Waals surface area contributed by atoms with Gasteiger partial charge in [-0.3, -0.25) is 0 Å². The zero-order valence-corrected chi connectivity index (χ0v) is 14.8. The number of hydrogen-bond donors (Lipinski definition) is 0. The highest BCUT2D eigenvalue weighted by atomic mass is 16.5. The van der Waals surface area contributed by atoms with Crippen LogP contribution in [0, 0.1) is 0 Å². The molecular formula is C20H19NO5. The molecule has 0 saturated heterocycles. The van der Waals surface area contributed by atoms with Crippen molar-refractivity contribution in [3.8, 4) is 11.5 Å². The van der Waals surface area contributed by atoms with Crippen LogP contribution in [0.1, 0.15) is 18.4 Å². The molecule has 0 spiro atoms. The van der Waals surface area contributed by atoms with Crippen molar-refractivity contribution in [3.05, 3.63) is 53.9 Å². The largest absolute Gasteiger partial charge is 0.497 e. The van der Waals surface area contributed by atoms with Crippen LogP contribution in [-0.4, -0.2) is 31.8 Å². The SMILES string of the molecule is CCOC(=O)/C(=C\c1ccc(OC)cc1OC)c1nc2ccccc2o1. The predicted octanol–water partition coefficient (Wildman–Crippen LogP) is 3.95. The highest BCUT2D eigenvalue weighted by Crippen LogP contribution is 2.30. The minimum Gasteiger partial charge on any atom is -0.497 e. The summed E-state index contributed by atoms with van der Waals surface area (Å²) in [6.07, 6.45) is 1.64. The Labute approximate surface area is 151 Å². The summed E-state index contributed by atoms with van der Waals surface area (Å²) in [5, 5.41) is 0. The third-order valence-corrected chi connectivity index (χ3v) is 3.76. The van der Waals surface area contributed by atoms with Crippen molar-refractivity contribution in [2.24, 2.45) is 0 Å². The normalized spacial score (nSPS) is 11.4. The lowest BCUT2D eigenvalue weighted by molar-refractivity contribution is -0.136. The van der Waals surface area contributed by atoms with E-state index in [1.54, 1.807) is 51.5 Å². The fourth-order valence-electron chi connectivity index (χ4n) is 2.50. The zero-order chi connectivity index (χ0) is 18.5. The fraction of sp³-hybridized carbons (Fsp3) is 0.200. The van der Waals surface area contributed by atoms with Gasteiger partial charge in [0.25, 0.3) is 0 Å². The molecule has 3 rings (SSSR count). The van der Waals surface area contributed by atoms with Crippen LogP contribution in [0.5, 0.6) is 11.5 Å². The van der Waals surface area contributed by atoms with Crippen molar-refractivity contribution >= 4 is 28.7 Å². The molecule has 1 heterocycles. The average molecular weight is 353 g/mol. The number of nitrogens with zero attached hydrogens (tertiary/aromatic N) is 1. The predicted molar refractivity (Wildman–Crippen MR) is 98.1 cm³/mol. The summed E-state index contributed by atoms with van der Waals surface area (Å²) in [6.45, 7) is 1.99. The van der Waals surface area contributed by atoms with E-state index in [0.717, 1.165) is 0 Å². The highest BCUT2D eigenvalue weighted by molar-refractivity contribution is 6.20. The van der Waals surface area contributed by atoms with Crippen molar-refractivity contribution in [1.82, 2.24) is 4.98 Å². The lowest BCUT2D eigenvalue weighted by Gasteiger charge is -2.09. The summed E-state index contributed by atoms with van der Waals surface area (Å²) < 4.78 is 21.5. The molecule has 0 radical (unpaired) electrons. The topological polar surface area (TPSA) is 70.8 Å². The van der Waals surface area contributed by atoms with E-state index in [0.29, 0.717) is 28.2 Å². The molecule has 0 unspecified atom stereocenters. The third-order valence-electron chi connectivity index (χ3n) is 3.76. The molecule has 0 aliphatic rings. The number of carbonyl (C=O) groups is 1. The van der Waals surface area contributed by atoms with Gasteiger partial charge in [-0.05, 0) is 37.3 Å². The van der Waals surface area contributed by atoms with Gasteiger partial charge < -0.3 is 18.6 Å². The second kappa shape index (κ2) is 7.74. The molecule has 0 bridgehead atoms. The van der Waals surface area contributed by atoms with Gasteiger partial charge in [-0.15, -0.1) is 0 Å². The van der Waals surface area contributed by atoms with Crippen molar-refractivity contribution < 1.29 is 23.4 Å². The number of methoxy groups -OCH3 is 2. The molecule has 0 aliphatic carbocycles. The van der Waals surface area contributed by atoms with E-state index in [1.165, 1.54) is 0 Å². The Kier molecular flexibility index (Phi) is 5.22. The van der Waals surface area contributed by atoms with E-state index in [1.807, 2.05) is 18.2 Å². The second-order valence-electron chi connectivity index (χ2n) is 5.37. The highest BCUT2D eigenvalue weighted by Gasteiger charge is 2.20. The molecule has 0 amide bonds. The van der Waals surface area contributed by atoms with Crippen LogP contribution in [0.25, 0.3) is 22.7 Å². The van der Waals surface area contributed by atoms with Gasteiger partial charge in [0.1, 0.15) is 22.6 Å². The summed E-state index contributed by atoms with van der Waals surface area (Å²) >= 11 is 0. The van der Waals surface area contributed by atoms with E-state index in [2.05, 4.69) is 4.98 Å². The molecule has 134 valence electrons. The van der Waals surface area contributed by atoms with Crippen LogP contribution in [-0.2, 0) is 9.53 Å². The van der Waals surface area contributed by atoms with E-state index >= 15 is 0 Å². The molecule has 1 aromatic heterocycles. The summed E-state index contributed by atoms with van der Waals surface area (Å²) in [4.78, 5) is 16.9. The standard InChI is InChI=1S/C20H19NO5/c1-4-25-20(22)15(19-21-16-7-5-6-8-17(16)26-19)11-13-9-10-14(23-2)12-18(13)24-3/h5-12H,4H2,1-3H3/b15-11-. The van der Waals surface area contributed by atoms with Crippen LogP contribution >= 0.6 is 0 Å².